The van der Waals surface area contributed by atoms with Gasteiger partial charge in [-0.3, -0.25) is 9.59 Å². The van der Waals surface area contributed by atoms with Crippen molar-refractivity contribution in [1.82, 2.24) is 10.6 Å². The van der Waals surface area contributed by atoms with Crippen molar-refractivity contribution in [1.29, 1.82) is 0 Å². The van der Waals surface area contributed by atoms with Crippen molar-refractivity contribution in [3.63, 3.8) is 0 Å². The first-order valence-corrected chi connectivity index (χ1v) is 9.21. The van der Waals surface area contributed by atoms with Crippen LogP contribution < -0.4 is 20.1 Å². The molecule has 0 aliphatic rings. The molecule has 6 nitrogen and oxygen atoms in total. The Morgan fingerprint density at radius 2 is 1.62 bits per heavy atom. The number of hydrogen-bond donors (Lipinski definition) is 2. The van der Waals surface area contributed by atoms with Crippen molar-refractivity contribution >= 4 is 11.8 Å². The van der Waals surface area contributed by atoms with Crippen LogP contribution >= 0.6 is 0 Å². The monoisotopic (exact) mass is 364 g/mol. The average molecular weight is 364 g/mol. The van der Waals surface area contributed by atoms with Gasteiger partial charge in [0, 0.05) is 24.9 Å². The topological polar surface area (TPSA) is 76.7 Å². The first kappa shape index (κ1) is 21.8. The Labute approximate surface area is 156 Å². The van der Waals surface area contributed by atoms with Gasteiger partial charge >= 0.3 is 0 Å². The zero-order valence-electron chi connectivity index (χ0n) is 16.6. The normalized spacial score (nSPS) is 11.0. The van der Waals surface area contributed by atoms with E-state index < -0.39 is 5.41 Å². The van der Waals surface area contributed by atoms with Gasteiger partial charge in [0.1, 0.15) is 0 Å². The van der Waals surface area contributed by atoms with Gasteiger partial charge in [0.25, 0.3) is 0 Å². The van der Waals surface area contributed by atoms with Crippen molar-refractivity contribution in [3.8, 4) is 11.5 Å². The second-order valence-electron chi connectivity index (χ2n) is 7.00. The van der Waals surface area contributed by atoms with Crippen LogP contribution in [0.25, 0.3) is 0 Å². The van der Waals surface area contributed by atoms with Crippen molar-refractivity contribution < 1.29 is 19.1 Å². The molecule has 0 unspecified atom stereocenters. The molecule has 1 aromatic carbocycles. The minimum atomic E-state index is -0.442. The first-order valence-electron chi connectivity index (χ1n) is 9.21. The molecule has 0 heterocycles. The third-order valence-corrected chi connectivity index (χ3v) is 3.66. The van der Waals surface area contributed by atoms with Gasteiger partial charge < -0.3 is 20.1 Å². The third-order valence-electron chi connectivity index (χ3n) is 3.66. The highest BCUT2D eigenvalue weighted by Gasteiger charge is 2.20. The number of ether oxygens (including phenoxy) is 2. The quantitative estimate of drug-likeness (QED) is 0.669. The summed E-state index contributed by atoms with van der Waals surface area (Å²) in [4.78, 5) is 23.6. The zero-order valence-corrected chi connectivity index (χ0v) is 16.6. The molecule has 0 aliphatic carbocycles. The summed E-state index contributed by atoms with van der Waals surface area (Å²) in [6.45, 7) is 11.4. The van der Waals surface area contributed by atoms with Crippen LogP contribution in [0.1, 0.15) is 46.6 Å². The molecular formula is C20H32N2O4. The lowest BCUT2D eigenvalue weighted by Crippen LogP contribution is -2.37. The molecule has 2 N–H and O–H groups in total. The molecule has 6 heteroatoms. The van der Waals surface area contributed by atoms with Crippen LogP contribution in [0.15, 0.2) is 18.2 Å². The van der Waals surface area contributed by atoms with Gasteiger partial charge in [0.05, 0.1) is 13.2 Å². The lowest BCUT2D eigenvalue weighted by Gasteiger charge is -2.17. The molecule has 0 radical (unpaired) electrons. The predicted octanol–water partition coefficient (Wildman–Crippen LogP) is 2.70. The van der Waals surface area contributed by atoms with Gasteiger partial charge in [-0.05, 0) is 38.0 Å². The number of rotatable bonds is 10. The summed E-state index contributed by atoms with van der Waals surface area (Å²) in [5, 5.41) is 5.64. The molecule has 0 bridgehead atoms. The number of nitrogens with one attached hydrogen (secondary N) is 2. The molecule has 2 amide bonds. The second kappa shape index (κ2) is 10.7. The van der Waals surface area contributed by atoms with Gasteiger partial charge in [-0.25, -0.2) is 0 Å². The average Bonchev–Trinajstić information content (AvgIpc) is 2.56. The summed E-state index contributed by atoms with van der Waals surface area (Å²) in [6.07, 6.45) is 0.974. The highest BCUT2D eigenvalue weighted by atomic mass is 16.5. The molecule has 0 aliphatic heterocycles. The number of benzene rings is 1. The minimum Gasteiger partial charge on any atom is -0.490 e. The van der Waals surface area contributed by atoms with E-state index in [2.05, 4.69) is 10.6 Å². The van der Waals surface area contributed by atoms with Crippen LogP contribution in [-0.2, 0) is 16.0 Å². The lowest BCUT2D eigenvalue weighted by atomic mass is 9.96. The maximum atomic E-state index is 11.9. The summed E-state index contributed by atoms with van der Waals surface area (Å²) in [6, 6.07) is 5.82. The highest BCUT2D eigenvalue weighted by Crippen LogP contribution is 2.28. The van der Waals surface area contributed by atoms with E-state index in [9.17, 15) is 9.59 Å². The van der Waals surface area contributed by atoms with Gasteiger partial charge in [-0.1, -0.05) is 26.8 Å². The van der Waals surface area contributed by atoms with E-state index in [1.807, 2.05) is 52.8 Å². The van der Waals surface area contributed by atoms with Gasteiger partial charge in [0.2, 0.25) is 11.8 Å². The molecular weight excluding hydrogens is 332 g/mol. The number of hydrogen-bond acceptors (Lipinski definition) is 4. The third kappa shape index (κ3) is 7.76. The van der Waals surface area contributed by atoms with Crippen LogP contribution in [0.4, 0.5) is 0 Å². The van der Waals surface area contributed by atoms with Crippen LogP contribution in [0.3, 0.4) is 0 Å². The summed E-state index contributed by atoms with van der Waals surface area (Å²) in [7, 11) is 0. The second-order valence-corrected chi connectivity index (χ2v) is 7.00. The molecule has 1 rings (SSSR count). The fourth-order valence-electron chi connectivity index (χ4n) is 2.24. The lowest BCUT2D eigenvalue weighted by molar-refractivity contribution is -0.128. The predicted molar refractivity (Wildman–Crippen MR) is 103 cm³/mol. The van der Waals surface area contributed by atoms with E-state index in [4.69, 9.17) is 9.47 Å². The summed E-state index contributed by atoms with van der Waals surface area (Å²) < 4.78 is 11.2. The molecule has 1 aromatic rings. The molecule has 0 saturated heterocycles. The van der Waals surface area contributed by atoms with E-state index in [0.29, 0.717) is 32.7 Å². The first-order chi connectivity index (χ1) is 12.3. The molecule has 0 atom stereocenters. The number of carbonyl (C=O) groups is 2. The molecule has 0 aromatic heterocycles. The molecule has 0 spiro atoms. The van der Waals surface area contributed by atoms with Crippen LogP contribution in [0, 0.1) is 5.41 Å². The Morgan fingerprint density at radius 1 is 0.962 bits per heavy atom. The van der Waals surface area contributed by atoms with E-state index in [1.165, 1.54) is 0 Å². The van der Waals surface area contributed by atoms with Gasteiger partial charge in [-0.15, -0.1) is 0 Å². The van der Waals surface area contributed by atoms with Crippen molar-refractivity contribution in [2.45, 2.75) is 47.5 Å². The largest absolute Gasteiger partial charge is 0.490 e. The Bertz CT molecular complexity index is 594. The van der Waals surface area contributed by atoms with Crippen molar-refractivity contribution in [3.05, 3.63) is 23.8 Å². The Morgan fingerprint density at radius 3 is 2.23 bits per heavy atom. The molecule has 146 valence electrons. The van der Waals surface area contributed by atoms with Gasteiger partial charge in [-0.2, -0.15) is 0 Å². The standard InChI is InChI=1S/C20H32N2O4/c1-6-25-16-9-8-15(14-17(16)26-7-2)10-12-21-18(23)11-13-22-19(24)20(3,4)5/h8-9,14H,6-7,10-13H2,1-5H3,(H,21,23)(H,22,24). The molecule has 26 heavy (non-hydrogen) atoms. The van der Waals surface area contributed by atoms with E-state index >= 15 is 0 Å². The summed E-state index contributed by atoms with van der Waals surface area (Å²) >= 11 is 0. The fraction of sp³-hybridized carbons (Fsp3) is 0.600. The van der Waals surface area contributed by atoms with Gasteiger partial charge in [0.15, 0.2) is 11.5 Å². The molecule has 0 fully saturated rings. The smallest absolute Gasteiger partial charge is 0.225 e. The van der Waals surface area contributed by atoms with Crippen LogP contribution in [0.2, 0.25) is 0 Å². The maximum Gasteiger partial charge on any atom is 0.225 e. The Hall–Kier alpha value is -2.24. The van der Waals surface area contributed by atoms with Crippen LogP contribution in [-0.4, -0.2) is 38.1 Å². The van der Waals surface area contributed by atoms with Crippen molar-refractivity contribution in [2.24, 2.45) is 5.41 Å². The number of carbonyl (C=O) groups excluding carboxylic acids is 2. The van der Waals surface area contributed by atoms with E-state index in [-0.39, 0.29) is 18.2 Å². The summed E-state index contributed by atoms with van der Waals surface area (Å²) in [5.41, 5.74) is 0.626. The zero-order chi connectivity index (χ0) is 19.6. The SMILES string of the molecule is CCOc1ccc(CCNC(=O)CCNC(=O)C(C)(C)C)cc1OCC. The number of amides is 2. The maximum absolute atomic E-state index is 11.9. The Kier molecular flexibility index (Phi) is 8.96. The molecule has 0 saturated carbocycles. The highest BCUT2D eigenvalue weighted by molar-refractivity contribution is 5.82. The van der Waals surface area contributed by atoms with Crippen molar-refractivity contribution in [2.75, 3.05) is 26.3 Å². The van der Waals surface area contributed by atoms with E-state index in [0.717, 1.165) is 17.1 Å². The minimum absolute atomic E-state index is 0.0526. The van der Waals surface area contributed by atoms with E-state index in [1.54, 1.807) is 0 Å². The summed E-state index contributed by atoms with van der Waals surface area (Å²) in [5.74, 6) is 1.33. The Balaban J connectivity index is 2.39. The fourth-order valence-corrected chi connectivity index (χ4v) is 2.24. The van der Waals surface area contributed by atoms with Crippen LogP contribution in [0.5, 0.6) is 11.5 Å².